The highest BCUT2D eigenvalue weighted by Crippen LogP contribution is 2.17. The normalized spacial score (nSPS) is 15.0. The Bertz CT molecular complexity index is 689. The molecule has 1 aromatic carbocycles. The number of hydrogen-bond donors (Lipinski definition) is 0. The summed E-state index contributed by atoms with van der Waals surface area (Å²) in [5.74, 6) is -2.12. The minimum atomic E-state index is -0.770. The average Bonchev–Trinajstić information content (AvgIpc) is 3.46. The van der Waals surface area contributed by atoms with Gasteiger partial charge in [-0.1, -0.05) is 25.3 Å². The van der Waals surface area contributed by atoms with Crippen LogP contribution < -0.4 is 0 Å². The molecule has 1 unspecified atom stereocenters. The van der Waals surface area contributed by atoms with Gasteiger partial charge in [0.1, 0.15) is 25.9 Å². The Balaban J connectivity index is 2.24. The summed E-state index contributed by atoms with van der Waals surface area (Å²) in [7, 11) is 0. The molecule has 132 valence electrons. The first-order valence-corrected chi connectivity index (χ1v) is 7.55. The first-order valence-electron chi connectivity index (χ1n) is 7.55. The highest BCUT2D eigenvalue weighted by Gasteiger charge is 2.27. The highest BCUT2D eigenvalue weighted by molar-refractivity contribution is 6.05. The van der Waals surface area contributed by atoms with E-state index in [0.29, 0.717) is 6.61 Å². The maximum Gasteiger partial charge on any atom is 0.339 e. The van der Waals surface area contributed by atoms with E-state index >= 15 is 0 Å². The molecule has 0 saturated carbocycles. The molecule has 1 fully saturated rings. The first kappa shape index (κ1) is 18.4. The van der Waals surface area contributed by atoms with Crippen LogP contribution in [0.25, 0.3) is 0 Å². The Labute approximate surface area is 144 Å². The largest absolute Gasteiger partial charge is 0.459 e. The summed E-state index contributed by atoms with van der Waals surface area (Å²) in [6.07, 6.45) is 2.71. The van der Waals surface area contributed by atoms with Gasteiger partial charge in [-0.2, -0.15) is 0 Å². The zero-order valence-electron chi connectivity index (χ0n) is 13.6. The van der Waals surface area contributed by atoms with Gasteiger partial charge in [-0.05, 0) is 18.2 Å². The molecule has 0 aromatic heterocycles. The maximum absolute atomic E-state index is 12.2. The first-order chi connectivity index (χ1) is 12.1. The predicted molar refractivity (Wildman–Crippen MR) is 87.4 cm³/mol. The van der Waals surface area contributed by atoms with Gasteiger partial charge < -0.3 is 18.9 Å². The van der Waals surface area contributed by atoms with Crippen LogP contribution in [-0.4, -0.2) is 50.4 Å². The minimum absolute atomic E-state index is 0.00465. The van der Waals surface area contributed by atoms with Gasteiger partial charge in [0.05, 0.1) is 23.3 Å². The fourth-order valence-electron chi connectivity index (χ4n) is 1.86. The molecule has 7 heteroatoms. The summed E-state index contributed by atoms with van der Waals surface area (Å²) in [5.41, 5.74) is 0.0149. The Kier molecular flexibility index (Phi) is 6.47. The number of esters is 3. The number of carbonyl (C=O) groups excluding carboxylic acids is 3. The third-order valence-corrected chi connectivity index (χ3v) is 3.16. The van der Waals surface area contributed by atoms with Crippen molar-refractivity contribution in [3.05, 3.63) is 60.2 Å². The van der Waals surface area contributed by atoms with Crippen molar-refractivity contribution in [2.24, 2.45) is 0 Å². The summed E-state index contributed by atoms with van der Waals surface area (Å²) < 4.78 is 19.9. The van der Waals surface area contributed by atoms with Gasteiger partial charge in [-0.15, -0.1) is 0 Å². The van der Waals surface area contributed by atoms with Crippen molar-refractivity contribution in [1.82, 2.24) is 0 Å². The molecule has 0 amide bonds. The molecular weight excluding hydrogens is 328 g/mol. The van der Waals surface area contributed by atoms with Gasteiger partial charge in [-0.3, -0.25) is 0 Å². The quantitative estimate of drug-likeness (QED) is 0.292. The Morgan fingerprint density at radius 3 is 2.20 bits per heavy atom. The van der Waals surface area contributed by atoms with Crippen LogP contribution >= 0.6 is 0 Å². The molecule has 1 atom stereocenters. The molecular formula is C18H18O7. The van der Waals surface area contributed by atoms with Crippen LogP contribution in [-0.2, 0) is 18.9 Å². The van der Waals surface area contributed by atoms with E-state index in [9.17, 15) is 14.4 Å². The summed E-state index contributed by atoms with van der Waals surface area (Å²) in [6, 6.07) is 3.94. The van der Waals surface area contributed by atoms with Crippen molar-refractivity contribution < 1.29 is 33.3 Å². The molecule has 25 heavy (non-hydrogen) atoms. The Morgan fingerprint density at radius 1 is 1.00 bits per heavy atom. The van der Waals surface area contributed by atoms with Crippen molar-refractivity contribution >= 4 is 17.9 Å². The second-order valence-corrected chi connectivity index (χ2v) is 5.09. The van der Waals surface area contributed by atoms with Crippen LogP contribution in [0.3, 0.4) is 0 Å². The van der Waals surface area contributed by atoms with Crippen LogP contribution in [0.2, 0.25) is 0 Å². The second kappa shape index (κ2) is 8.79. The number of ether oxygens (including phenoxy) is 4. The SMILES string of the molecule is C=CCOC(=O)c1ccc(C(=O)OCC2CO2)c(C(=O)OCC=C)c1. The molecule has 1 aromatic rings. The molecule has 1 saturated heterocycles. The summed E-state index contributed by atoms with van der Waals surface area (Å²) >= 11 is 0. The molecule has 0 radical (unpaired) electrons. The molecule has 7 nitrogen and oxygen atoms in total. The van der Waals surface area contributed by atoms with E-state index in [1.54, 1.807) is 0 Å². The summed E-state index contributed by atoms with van der Waals surface area (Å²) in [5, 5.41) is 0. The van der Waals surface area contributed by atoms with Gasteiger partial charge in [0.15, 0.2) is 0 Å². The number of hydrogen-bond acceptors (Lipinski definition) is 7. The van der Waals surface area contributed by atoms with E-state index < -0.39 is 17.9 Å². The number of carbonyl (C=O) groups is 3. The lowest BCUT2D eigenvalue weighted by Gasteiger charge is -2.10. The summed E-state index contributed by atoms with van der Waals surface area (Å²) in [4.78, 5) is 36.3. The number of epoxide rings is 1. The Hall–Kier alpha value is -2.93. The third kappa shape index (κ3) is 5.29. The lowest BCUT2D eigenvalue weighted by atomic mass is 10.0. The van der Waals surface area contributed by atoms with Gasteiger partial charge in [0.25, 0.3) is 0 Å². The smallest absolute Gasteiger partial charge is 0.339 e. The van der Waals surface area contributed by atoms with Gasteiger partial charge in [0, 0.05) is 0 Å². The second-order valence-electron chi connectivity index (χ2n) is 5.09. The average molecular weight is 346 g/mol. The molecule has 2 rings (SSSR count). The van der Waals surface area contributed by atoms with Crippen molar-refractivity contribution in [3.8, 4) is 0 Å². The van der Waals surface area contributed by atoms with Crippen molar-refractivity contribution in [3.63, 3.8) is 0 Å². The summed E-state index contributed by atoms with van der Waals surface area (Å²) in [6.45, 7) is 7.54. The van der Waals surface area contributed by atoms with Gasteiger partial charge >= 0.3 is 17.9 Å². The van der Waals surface area contributed by atoms with Crippen LogP contribution in [0.15, 0.2) is 43.5 Å². The van der Waals surface area contributed by atoms with Crippen molar-refractivity contribution in [2.75, 3.05) is 26.4 Å². The van der Waals surface area contributed by atoms with Gasteiger partial charge in [-0.25, -0.2) is 14.4 Å². The molecule has 0 bridgehead atoms. The minimum Gasteiger partial charge on any atom is -0.459 e. The van der Waals surface area contributed by atoms with E-state index in [0.717, 1.165) is 0 Å². The van der Waals surface area contributed by atoms with Crippen LogP contribution in [0.1, 0.15) is 31.1 Å². The van der Waals surface area contributed by atoms with Crippen LogP contribution in [0, 0.1) is 0 Å². The van der Waals surface area contributed by atoms with E-state index in [1.807, 2.05) is 0 Å². The predicted octanol–water partition coefficient (Wildman–Crippen LogP) is 1.93. The lowest BCUT2D eigenvalue weighted by molar-refractivity contribution is 0.0452. The standard InChI is InChI=1S/C18H18O7/c1-3-7-22-16(19)12-5-6-14(17(20)25-11-13-10-24-13)15(9-12)18(21)23-8-4-2/h3-6,9,13H,1-2,7-8,10-11H2. The zero-order valence-corrected chi connectivity index (χ0v) is 13.6. The monoisotopic (exact) mass is 346 g/mol. The molecule has 1 heterocycles. The van der Waals surface area contributed by atoms with E-state index in [1.165, 1.54) is 30.4 Å². The van der Waals surface area contributed by atoms with Crippen molar-refractivity contribution in [2.45, 2.75) is 6.10 Å². The van der Waals surface area contributed by atoms with E-state index in [4.69, 9.17) is 18.9 Å². The van der Waals surface area contributed by atoms with Crippen LogP contribution in [0.4, 0.5) is 0 Å². The maximum atomic E-state index is 12.2. The third-order valence-electron chi connectivity index (χ3n) is 3.16. The number of benzene rings is 1. The topological polar surface area (TPSA) is 91.4 Å². The van der Waals surface area contributed by atoms with Crippen LogP contribution in [0.5, 0.6) is 0 Å². The van der Waals surface area contributed by atoms with E-state index in [2.05, 4.69) is 13.2 Å². The zero-order chi connectivity index (χ0) is 18.2. The molecule has 1 aliphatic heterocycles. The van der Waals surface area contributed by atoms with Crippen molar-refractivity contribution in [1.29, 1.82) is 0 Å². The molecule has 0 spiro atoms. The molecule has 0 aliphatic carbocycles. The Morgan fingerprint density at radius 2 is 1.60 bits per heavy atom. The molecule has 0 N–H and O–H groups in total. The fraction of sp³-hybridized carbons (Fsp3) is 0.278. The van der Waals surface area contributed by atoms with Gasteiger partial charge in [0.2, 0.25) is 0 Å². The van der Waals surface area contributed by atoms with E-state index in [-0.39, 0.29) is 42.6 Å². The number of rotatable bonds is 9. The highest BCUT2D eigenvalue weighted by atomic mass is 16.6. The lowest BCUT2D eigenvalue weighted by Crippen LogP contribution is -2.17. The fourth-order valence-corrected chi connectivity index (χ4v) is 1.86. The molecule has 1 aliphatic rings.